The monoisotopic (exact) mass is 655 g/mol. The molecule has 3 aromatic rings. The molecule has 3 N–H and O–H groups in total. The van der Waals surface area contributed by atoms with Gasteiger partial charge in [-0.05, 0) is 46.2 Å². The topological polar surface area (TPSA) is 97.8 Å². The van der Waals surface area contributed by atoms with Crippen LogP contribution in [-0.4, -0.2) is 51.1 Å². The first-order valence-electron chi connectivity index (χ1n) is 10.3. The van der Waals surface area contributed by atoms with Crippen LogP contribution in [0.3, 0.4) is 0 Å². The Hall–Kier alpha value is -1.16. The van der Waals surface area contributed by atoms with E-state index in [1.165, 1.54) is 0 Å². The summed E-state index contributed by atoms with van der Waals surface area (Å²) in [7, 11) is 1.74. The van der Waals surface area contributed by atoms with Gasteiger partial charge in [-0.15, -0.1) is 29.9 Å². The third-order valence-electron chi connectivity index (χ3n) is 5.69. The molecular formula is C21H25N7S3W. The van der Waals surface area contributed by atoms with Crippen LogP contribution in [-0.2, 0) is 33.7 Å². The maximum atomic E-state index is 6.07. The maximum Gasteiger partial charge on any atom is 2.00 e. The minimum absolute atomic E-state index is 0. The van der Waals surface area contributed by atoms with E-state index in [4.69, 9.17) is 31.0 Å². The number of nitrogens with one attached hydrogen (secondary N) is 1. The van der Waals surface area contributed by atoms with Gasteiger partial charge >= 0.3 is 21.1 Å². The Kier molecular flexibility index (Phi) is 8.63. The molecule has 1 saturated carbocycles. The van der Waals surface area contributed by atoms with Crippen LogP contribution in [0.15, 0.2) is 45.0 Å². The summed E-state index contributed by atoms with van der Waals surface area (Å²) in [6.45, 7) is 6.03. The average molecular weight is 656 g/mol. The molecule has 5 rings (SSSR count). The van der Waals surface area contributed by atoms with E-state index in [1.807, 2.05) is 32.0 Å². The molecule has 2 heterocycles. The van der Waals surface area contributed by atoms with Crippen LogP contribution < -0.4 is 5.73 Å². The largest absolute Gasteiger partial charge is 2.00 e. The molecule has 1 saturated heterocycles. The molecule has 2 atom stereocenters. The van der Waals surface area contributed by atoms with Crippen molar-refractivity contribution in [2.45, 2.75) is 34.6 Å². The Morgan fingerprint density at radius 1 is 1.19 bits per heavy atom. The van der Waals surface area contributed by atoms with Gasteiger partial charge in [0.2, 0.25) is 5.82 Å². The van der Waals surface area contributed by atoms with Crippen LogP contribution >= 0.6 is 24.6 Å². The molecule has 11 heteroatoms. The van der Waals surface area contributed by atoms with Gasteiger partial charge in [-0.25, -0.2) is 4.31 Å². The molecule has 1 aromatic heterocycles. The van der Waals surface area contributed by atoms with Gasteiger partial charge in [-0.1, -0.05) is 38.1 Å². The van der Waals surface area contributed by atoms with Crippen molar-refractivity contribution in [2.75, 3.05) is 20.1 Å². The normalized spacial score (nSPS) is 21.2. The molecule has 0 radical (unpaired) electrons. The van der Waals surface area contributed by atoms with Crippen LogP contribution in [0, 0.1) is 11.8 Å². The Balaban J connectivity index is 0.000000938. The SMILES string of the molecule is CC.C[N-]c1cccc(-c2ccc(SN3CC4C(N)C4C3)c(S)c2-c2nn[nH]n2)c1[S-].[W+2]. The molecule has 2 unspecified atom stereocenters. The molecule has 1 aliphatic carbocycles. The molecule has 0 spiro atoms. The van der Waals surface area contributed by atoms with Gasteiger partial charge in [0, 0.05) is 34.5 Å². The zero-order valence-electron chi connectivity index (χ0n) is 18.0. The number of rotatable bonds is 5. The number of aromatic nitrogens is 4. The van der Waals surface area contributed by atoms with Crippen molar-refractivity contribution < 1.29 is 21.1 Å². The number of thiol groups is 1. The van der Waals surface area contributed by atoms with Crippen LogP contribution in [0.25, 0.3) is 27.8 Å². The van der Waals surface area contributed by atoms with Gasteiger partial charge in [0.05, 0.1) is 0 Å². The molecular weight excluding hydrogens is 630 g/mol. The van der Waals surface area contributed by atoms with Crippen molar-refractivity contribution in [1.29, 1.82) is 0 Å². The molecule has 2 fully saturated rings. The quantitative estimate of drug-likeness (QED) is 0.215. The fraction of sp³-hybridized carbons (Fsp3) is 0.381. The second-order valence-corrected chi connectivity index (χ2v) is 9.29. The Morgan fingerprint density at radius 2 is 1.91 bits per heavy atom. The summed E-state index contributed by atoms with van der Waals surface area (Å²) in [5.74, 6) is 1.75. The average Bonchev–Trinajstić information content (AvgIpc) is 3.22. The number of aromatic amines is 1. The zero-order chi connectivity index (χ0) is 22.1. The number of tetrazole rings is 1. The second-order valence-electron chi connectivity index (χ2n) is 7.29. The van der Waals surface area contributed by atoms with Gasteiger partial charge in [0.25, 0.3) is 0 Å². The molecule has 1 aliphatic heterocycles. The Bertz CT molecular complexity index is 1050. The zero-order valence-corrected chi connectivity index (χ0v) is 23.5. The summed E-state index contributed by atoms with van der Waals surface area (Å²) >= 11 is 12.3. The smallest absolute Gasteiger partial charge is 0.780 e. The summed E-state index contributed by atoms with van der Waals surface area (Å²) in [5.41, 5.74) is 9.49. The molecule has 32 heavy (non-hydrogen) atoms. The first-order valence-corrected chi connectivity index (χ1v) is 11.9. The van der Waals surface area contributed by atoms with E-state index >= 15 is 0 Å². The number of nitrogens with zero attached hydrogens (tertiary/aromatic N) is 5. The van der Waals surface area contributed by atoms with E-state index in [-0.39, 0.29) is 21.1 Å². The van der Waals surface area contributed by atoms with Gasteiger partial charge in [-0.2, -0.15) is 15.8 Å². The van der Waals surface area contributed by atoms with Gasteiger partial charge in [0.1, 0.15) is 0 Å². The van der Waals surface area contributed by atoms with Crippen molar-refractivity contribution in [3.63, 3.8) is 0 Å². The van der Waals surface area contributed by atoms with E-state index < -0.39 is 0 Å². The number of benzene rings is 2. The first kappa shape index (κ1) is 25.5. The van der Waals surface area contributed by atoms with Crippen molar-refractivity contribution in [3.05, 3.63) is 35.6 Å². The second kappa shape index (κ2) is 10.8. The molecule has 2 aliphatic rings. The fourth-order valence-corrected chi connectivity index (χ4v) is 5.87. The minimum atomic E-state index is 0. The summed E-state index contributed by atoms with van der Waals surface area (Å²) in [5, 5.41) is 19.0. The maximum absolute atomic E-state index is 6.07. The van der Waals surface area contributed by atoms with Crippen LogP contribution in [0.4, 0.5) is 5.69 Å². The van der Waals surface area contributed by atoms with E-state index in [0.717, 1.165) is 45.3 Å². The number of H-pyrrole nitrogens is 1. The number of piperidine rings is 1. The predicted octanol–water partition coefficient (Wildman–Crippen LogP) is 4.28. The number of fused-ring (bicyclic) bond motifs is 1. The van der Waals surface area contributed by atoms with E-state index in [0.29, 0.717) is 28.6 Å². The summed E-state index contributed by atoms with van der Waals surface area (Å²) < 4.78 is 2.36. The van der Waals surface area contributed by atoms with Gasteiger partial charge in [0.15, 0.2) is 0 Å². The van der Waals surface area contributed by atoms with Crippen molar-refractivity contribution in [2.24, 2.45) is 17.6 Å². The Labute approximate surface area is 218 Å². The van der Waals surface area contributed by atoms with E-state index in [9.17, 15) is 0 Å². The summed E-state index contributed by atoms with van der Waals surface area (Å²) in [6, 6.07) is 10.4. The van der Waals surface area contributed by atoms with E-state index in [1.54, 1.807) is 19.0 Å². The van der Waals surface area contributed by atoms with Crippen LogP contribution in [0.1, 0.15) is 13.8 Å². The van der Waals surface area contributed by atoms with Crippen molar-refractivity contribution in [3.8, 4) is 22.5 Å². The summed E-state index contributed by atoms with van der Waals surface area (Å²) in [4.78, 5) is 2.56. The standard InChI is InChI=1S/C19H20N7S3.C2H6.W/c1-21-13-4-2-3-10(17(13)27)9-5-6-14(18(28)15(9)19-22-24-25-23-19)29-26-7-11-12(8-26)16(11)20;1-2;/h2-6,11-12,16H,7-8,20H2,1H3,(H3-,21,22,23,24,25,27,28);1-2H3;/q-1;;+2/p-1. The predicted molar refractivity (Wildman–Crippen MR) is 131 cm³/mol. The number of hydrogen-bond donors (Lipinski definition) is 3. The van der Waals surface area contributed by atoms with Gasteiger partial charge < -0.3 is 23.7 Å². The minimum Gasteiger partial charge on any atom is -0.780 e. The first-order chi connectivity index (χ1) is 15.1. The van der Waals surface area contributed by atoms with Gasteiger partial charge in [-0.3, -0.25) is 0 Å². The molecule has 0 bridgehead atoms. The number of hydrogen-bond acceptors (Lipinski definition) is 8. The number of nitrogens with two attached hydrogens (primary N) is 1. The van der Waals surface area contributed by atoms with Crippen LogP contribution in [0.5, 0.6) is 0 Å². The van der Waals surface area contributed by atoms with E-state index in [2.05, 4.69) is 42.4 Å². The third-order valence-corrected chi connectivity index (χ3v) is 7.83. The third kappa shape index (κ3) is 4.72. The molecule has 168 valence electrons. The van der Waals surface area contributed by atoms with Crippen molar-refractivity contribution >= 4 is 42.9 Å². The molecule has 0 amide bonds. The summed E-state index contributed by atoms with van der Waals surface area (Å²) in [6.07, 6.45) is 0. The van der Waals surface area contributed by atoms with Crippen LogP contribution in [0.2, 0.25) is 0 Å². The van der Waals surface area contributed by atoms with Crippen molar-refractivity contribution in [1.82, 2.24) is 24.9 Å². The molecule has 7 nitrogen and oxygen atoms in total. The fourth-order valence-electron chi connectivity index (χ4n) is 4.02. The Morgan fingerprint density at radius 3 is 2.53 bits per heavy atom. The molecule has 2 aromatic carbocycles.